The predicted octanol–water partition coefficient (Wildman–Crippen LogP) is 4.24. The molecule has 3 heterocycles. The molecule has 3 N–H and O–H groups in total. The summed E-state index contributed by atoms with van der Waals surface area (Å²) in [5, 5.41) is 14.6. The van der Waals surface area contributed by atoms with Gasteiger partial charge in [0.25, 0.3) is 0 Å². The molecule has 6 nitrogen and oxygen atoms in total. The number of carboxylic acid groups (broad SMARTS) is 1. The quantitative estimate of drug-likeness (QED) is 0.446. The van der Waals surface area contributed by atoms with Crippen LogP contribution in [0.15, 0.2) is 36.5 Å². The van der Waals surface area contributed by atoms with Gasteiger partial charge >= 0.3 is 5.97 Å². The number of hydrogen-bond acceptors (Lipinski definition) is 5. The number of aryl methyl sites for hydroxylation is 1. The van der Waals surface area contributed by atoms with Crippen LogP contribution in [0.3, 0.4) is 0 Å². The Balaban J connectivity index is 1.69. The van der Waals surface area contributed by atoms with Gasteiger partial charge in [0.15, 0.2) is 0 Å². The van der Waals surface area contributed by atoms with E-state index in [0.29, 0.717) is 12.2 Å². The van der Waals surface area contributed by atoms with E-state index in [1.165, 1.54) is 11.3 Å². The van der Waals surface area contributed by atoms with E-state index >= 15 is 0 Å². The Bertz CT molecular complexity index is 1120. The Labute approximate surface area is 157 Å². The minimum atomic E-state index is -0.954. The molecule has 3 aromatic heterocycles. The number of nitrogens with zero attached hydrogens (tertiary/aromatic N) is 2. The molecule has 4 aromatic rings. The molecule has 1 unspecified atom stereocenters. The first-order valence-electron chi connectivity index (χ1n) is 7.99. The SMILES string of the molecule is Cc1cc2c(NC(Cc3c[nH]c4ccccc34)C(=O)O)nc(Cl)nc2s1. The van der Waals surface area contributed by atoms with E-state index in [9.17, 15) is 9.90 Å². The van der Waals surface area contributed by atoms with E-state index < -0.39 is 12.0 Å². The predicted molar refractivity (Wildman–Crippen MR) is 104 cm³/mol. The van der Waals surface area contributed by atoms with E-state index in [1.807, 2.05) is 43.5 Å². The van der Waals surface area contributed by atoms with Crippen LogP contribution < -0.4 is 5.32 Å². The Morgan fingerprint density at radius 2 is 2.15 bits per heavy atom. The number of hydrogen-bond donors (Lipinski definition) is 3. The number of para-hydroxylation sites is 1. The normalized spacial score (nSPS) is 12.5. The lowest BCUT2D eigenvalue weighted by Crippen LogP contribution is -2.32. The zero-order valence-corrected chi connectivity index (χ0v) is 15.4. The number of benzene rings is 1. The number of thiophene rings is 1. The van der Waals surface area contributed by atoms with Crippen LogP contribution in [0.25, 0.3) is 21.1 Å². The summed E-state index contributed by atoms with van der Waals surface area (Å²) in [6, 6.07) is 8.90. The van der Waals surface area contributed by atoms with E-state index in [1.54, 1.807) is 0 Å². The molecular weight excluding hydrogens is 372 g/mol. The van der Waals surface area contributed by atoms with Crippen molar-refractivity contribution in [3.63, 3.8) is 0 Å². The van der Waals surface area contributed by atoms with Gasteiger partial charge in [0.05, 0.1) is 5.39 Å². The summed E-state index contributed by atoms with van der Waals surface area (Å²) in [6.45, 7) is 1.96. The third-order valence-electron chi connectivity index (χ3n) is 4.20. The van der Waals surface area contributed by atoms with Gasteiger partial charge in [-0.1, -0.05) is 18.2 Å². The van der Waals surface area contributed by atoms with Crippen molar-refractivity contribution in [2.45, 2.75) is 19.4 Å². The molecule has 1 atom stereocenters. The summed E-state index contributed by atoms with van der Waals surface area (Å²) >= 11 is 7.50. The van der Waals surface area contributed by atoms with E-state index in [0.717, 1.165) is 31.6 Å². The molecule has 0 saturated heterocycles. The van der Waals surface area contributed by atoms with Gasteiger partial charge in [0.1, 0.15) is 16.7 Å². The molecule has 0 fully saturated rings. The number of nitrogens with one attached hydrogen (secondary N) is 2. The van der Waals surface area contributed by atoms with Gasteiger partial charge < -0.3 is 15.4 Å². The number of carboxylic acids is 1. The average Bonchev–Trinajstić information content (AvgIpc) is 3.17. The van der Waals surface area contributed by atoms with Crippen molar-refractivity contribution in [1.29, 1.82) is 0 Å². The van der Waals surface area contributed by atoms with E-state index in [2.05, 4.69) is 20.3 Å². The van der Waals surface area contributed by atoms with Crippen LogP contribution in [0, 0.1) is 6.92 Å². The molecule has 0 aliphatic heterocycles. The molecule has 0 aliphatic rings. The molecule has 132 valence electrons. The second-order valence-electron chi connectivity index (χ2n) is 6.02. The molecule has 0 amide bonds. The van der Waals surface area contributed by atoms with E-state index in [4.69, 9.17) is 11.6 Å². The smallest absolute Gasteiger partial charge is 0.326 e. The lowest BCUT2D eigenvalue weighted by atomic mass is 10.0. The van der Waals surface area contributed by atoms with Crippen LogP contribution in [0.5, 0.6) is 0 Å². The minimum Gasteiger partial charge on any atom is -0.480 e. The number of H-pyrrole nitrogens is 1. The van der Waals surface area contributed by atoms with Crippen LogP contribution in [-0.2, 0) is 11.2 Å². The fraction of sp³-hybridized carbons (Fsp3) is 0.167. The highest BCUT2D eigenvalue weighted by atomic mass is 35.5. The van der Waals surface area contributed by atoms with Crippen molar-refractivity contribution >= 4 is 55.8 Å². The number of aliphatic carboxylic acids is 1. The second-order valence-corrected chi connectivity index (χ2v) is 7.59. The second kappa shape index (κ2) is 6.59. The van der Waals surface area contributed by atoms with Crippen molar-refractivity contribution < 1.29 is 9.90 Å². The lowest BCUT2D eigenvalue weighted by molar-refractivity contribution is -0.137. The number of carbonyl (C=O) groups is 1. The summed E-state index contributed by atoms with van der Waals surface area (Å²) in [6.07, 6.45) is 2.16. The Kier molecular flexibility index (Phi) is 4.26. The third kappa shape index (κ3) is 3.11. The first kappa shape index (κ1) is 16.8. The lowest BCUT2D eigenvalue weighted by Gasteiger charge is -2.15. The van der Waals surface area contributed by atoms with E-state index in [-0.39, 0.29) is 5.28 Å². The first-order chi connectivity index (χ1) is 12.5. The monoisotopic (exact) mass is 386 g/mol. The summed E-state index contributed by atoms with van der Waals surface area (Å²) in [7, 11) is 0. The van der Waals surface area contributed by atoms with Gasteiger partial charge in [-0.25, -0.2) is 14.8 Å². The van der Waals surface area contributed by atoms with Gasteiger partial charge in [-0.3, -0.25) is 0 Å². The van der Waals surface area contributed by atoms with Crippen LogP contribution >= 0.6 is 22.9 Å². The molecule has 0 spiro atoms. The molecular formula is C18H15ClN4O2S. The molecule has 0 saturated carbocycles. The van der Waals surface area contributed by atoms with Gasteiger partial charge in [-0.15, -0.1) is 11.3 Å². The maximum atomic E-state index is 11.8. The van der Waals surface area contributed by atoms with Gasteiger partial charge in [-0.05, 0) is 36.2 Å². The average molecular weight is 387 g/mol. The summed E-state index contributed by atoms with van der Waals surface area (Å²) in [4.78, 5) is 25.2. The molecule has 8 heteroatoms. The Morgan fingerprint density at radius 3 is 2.96 bits per heavy atom. The number of fused-ring (bicyclic) bond motifs is 2. The third-order valence-corrected chi connectivity index (χ3v) is 5.31. The number of rotatable bonds is 5. The molecule has 4 rings (SSSR count). The fourth-order valence-corrected chi connectivity index (χ4v) is 4.11. The van der Waals surface area contributed by atoms with Crippen molar-refractivity contribution in [2.75, 3.05) is 5.32 Å². The highest BCUT2D eigenvalue weighted by molar-refractivity contribution is 7.18. The molecule has 0 aliphatic carbocycles. The van der Waals surface area contributed by atoms with Crippen molar-refractivity contribution in [1.82, 2.24) is 15.0 Å². The van der Waals surface area contributed by atoms with Gasteiger partial charge in [0.2, 0.25) is 5.28 Å². The zero-order valence-electron chi connectivity index (χ0n) is 13.8. The number of aromatic amines is 1. The maximum Gasteiger partial charge on any atom is 0.326 e. The van der Waals surface area contributed by atoms with Crippen LogP contribution in [-0.4, -0.2) is 32.1 Å². The molecule has 0 radical (unpaired) electrons. The van der Waals surface area contributed by atoms with Crippen molar-refractivity contribution in [2.24, 2.45) is 0 Å². The number of aromatic nitrogens is 3. The molecule has 26 heavy (non-hydrogen) atoms. The number of anilines is 1. The van der Waals surface area contributed by atoms with Crippen LogP contribution in [0.2, 0.25) is 5.28 Å². The van der Waals surface area contributed by atoms with Crippen LogP contribution in [0.4, 0.5) is 5.82 Å². The van der Waals surface area contributed by atoms with Gasteiger partial charge in [-0.2, -0.15) is 0 Å². The largest absolute Gasteiger partial charge is 0.480 e. The molecule has 1 aromatic carbocycles. The summed E-state index contributed by atoms with van der Waals surface area (Å²) in [5.41, 5.74) is 1.91. The fourth-order valence-electron chi connectivity index (χ4n) is 3.01. The zero-order chi connectivity index (χ0) is 18.3. The standard InChI is InChI=1S/C18H15ClN4O2S/c1-9-6-12-15(22-18(19)23-16(12)26-9)21-14(17(24)25)7-10-8-20-13-5-3-2-4-11(10)13/h2-6,8,14,20H,7H2,1H3,(H,24,25)(H,21,22,23). The van der Waals surface area contributed by atoms with Crippen molar-refractivity contribution in [3.05, 3.63) is 52.3 Å². The molecule has 0 bridgehead atoms. The topological polar surface area (TPSA) is 90.9 Å². The maximum absolute atomic E-state index is 11.8. The number of halogens is 1. The Morgan fingerprint density at radius 1 is 1.35 bits per heavy atom. The van der Waals surface area contributed by atoms with Gasteiger partial charge in [0, 0.05) is 28.4 Å². The Hall–Kier alpha value is -2.64. The summed E-state index contributed by atoms with van der Waals surface area (Å²) < 4.78 is 0. The minimum absolute atomic E-state index is 0.0954. The van der Waals surface area contributed by atoms with Crippen LogP contribution in [0.1, 0.15) is 10.4 Å². The first-order valence-corrected chi connectivity index (χ1v) is 9.19. The highest BCUT2D eigenvalue weighted by Crippen LogP contribution is 2.30. The van der Waals surface area contributed by atoms with Crippen molar-refractivity contribution in [3.8, 4) is 0 Å². The summed E-state index contributed by atoms with van der Waals surface area (Å²) in [5.74, 6) is -0.512. The highest BCUT2D eigenvalue weighted by Gasteiger charge is 2.22.